The second kappa shape index (κ2) is 8.93. The van der Waals surface area contributed by atoms with Crippen LogP contribution in [0.3, 0.4) is 0 Å². The standard InChI is InChI=1S/C21H24N4O2S/c1-14-10-11-19(27-4)18(12-14)22-20(26)15(2)28-21-24-23-16(3)25(21)13-17-8-6-5-7-9-17/h5-12,15H,13H2,1-4H3,(H,22,26)/t15-/m0/s1. The molecular weight excluding hydrogens is 372 g/mol. The van der Waals surface area contributed by atoms with E-state index in [9.17, 15) is 4.79 Å². The van der Waals surface area contributed by atoms with Gasteiger partial charge >= 0.3 is 0 Å². The van der Waals surface area contributed by atoms with E-state index in [1.165, 1.54) is 11.8 Å². The van der Waals surface area contributed by atoms with Crippen molar-refractivity contribution in [1.82, 2.24) is 14.8 Å². The molecule has 1 atom stereocenters. The lowest BCUT2D eigenvalue weighted by atomic mass is 10.2. The van der Waals surface area contributed by atoms with Gasteiger partial charge in [0.25, 0.3) is 0 Å². The fraction of sp³-hybridized carbons (Fsp3) is 0.286. The summed E-state index contributed by atoms with van der Waals surface area (Å²) in [6.45, 7) is 6.42. The fourth-order valence-corrected chi connectivity index (χ4v) is 3.66. The van der Waals surface area contributed by atoms with Crippen LogP contribution in [0.5, 0.6) is 5.75 Å². The Bertz CT molecular complexity index is 956. The number of nitrogens with one attached hydrogen (secondary N) is 1. The van der Waals surface area contributed by atoms with Gasteiger partial charge in [0.05, 0.1) is 24.6 Å². The fourth-order valence-electron chi connectivity index (χ4n) is 2.76. The van der Waals surface area contributed by atoms with Gasteiger partial charge in [0.15, 0.2) is 5.16 Å². The minimum Gasteiger partial charge on any atom is -0.495 e. The van der Waals surface area contributed by atoms with Crippen molar-refractivity contribution < 1.29 is 9.53 Å². The molecule has 0 unspecified atom stereocenters. The molecule has 6 nitrogen and oxygen atoms in total. The summed E-state index contributed by atoms with van der Waals surface area (Å²) in [5.41, 5.74) is 2.88. The number of ether oxygens (including phenoxy) is 1. The molecule has 3 rings (SSSR count). The lowest BCUT2D eigenvalue weighted by Gasteiger charge is -2.15. The highest BCUT2D eigenvalue weighted by molar-refractivity contribution is 8.00. The van der Waals surface area contributed by atoms with Crippen molar-refractivity contribution in [3.63, 3.8) is 0 Å². The smallest absolute Gasteiger partial charge is 0.237 e. The number of anilines is 1. The van der Waals surface area contributed by atoms with Crippen molar-refractivity contribution in [1.29, 1.82) is 0 Å². The van der Waals surface area contributed by atoms with Crippen LogP contribution in [0.2, 0.25) is 0 Å². The summed E-state index contributed by atoms with van der Waals surface area (Å²) in [4.78, 5) is 12.7. The first-order chi connectivity index (χ1) is 13.5. The van der Waals surface area contributed by atoms with Gasteiger partial charge < -0.3 is 14.6 Å². The van der Waals surface area contributed by atoms with E-state index in [-0.39, 0.29) is 11.2 Å². The Balaban J connectivity index is 1.72. The summed E-state index contributed by atoms with van der Waals surface area (Å²) in [5.74, 6) is 1.35. The number of amides is 1. The quantitative estimate of drug-likeness (QED) is 0.610. The van der Waals surface area contributed by atoms with Crippen LogP contribution in [0.25, 0.3) is 0 Å². The third-order valence-corrected chi connectivity index (χ3v) is 5.43. The van der Waals surface area contributed by atoms with E-state index in [4.69, 9.17) is 4.74 Å². The largest absolute Gasteiger partial charge is 0.495 e. The van der Waals surface area contributed by atoms with Crippen LogP contribution in [-0.2, 0) is 11.3 Å². The maximum absolute atomic E-state index is 12.7. The zero-order valence-corrected chi connectivity index (χ0v) is 17.3. The van der Waals surface area contributed by atoms with E-state index >= 15 is 0 Å². The lowest BCUT2D eigenvalue weighted by molar-refractivity contribution is -0.115. The second-order valence-electron chi connectivity index (χ2n) is 6.55. The molecule has 0 saturated carbocycles. The van der Waals surface area contributed by atoms with Crippen LogP contribution in [0.15, 0.2) is 53.7 Å². The Kier molecular flexibility index (Phi) is 6.36. The molecule has 28 heavy (non-hydrogen) atoms. The van der Waals surface area contributed by atoms with Crippen molar-refractivity contribution in [2.45, 2.75) is 37.7 Å². The number of thioether (sulfide) groups is 1. The highest BCUT2D eigenvalue weighted by Gasteiger charge is 2.20. The van der Waals surface area contributed by atoms with Crippen molar-refractivity contribution >= 4 is 23.4 Å². The van der Waals surface area contributed by atoms with Gasteiger partial charge in [-0.15, -0.1) is 10.2 Å². The predicted octanol–water partition coefficient (Wildman–Crippen LogP) is 4.07. The molecule has 1 N–H and O–H groups in total. The lowest BCUT2D eigenvalue weighted by Crippen LogP contribution is -2.23. The maximum Gasteiger partial charge on any atom is 0.237 e. The van der Waals surface area contributed by atoms with Crippen LogP contribution in [0, 0.1) is 13.8 Å². The molecule has 7 heteroatoms. The molecule has 3 aromatic rings. The van der Waals surface area contributed by atoms with Crippen molar-refractivity contribution in [3.05, 3.63) is 65.5 Å². The average molecular weight is 397 g/mol. The maximum atomic E-state index is 12.7. The summed E-state index contributed by atoms with van der Waals surface area (Å²) in [7, 11) is 1.59. The van der Waals surface area contributed by atoms with E-state index in [0.29, 0.717) is 18.0 Å². The molecule has 146 valence electrons. The molecule has 1 heterocycles. The SMILES string of the molecule is COc1ccc(C)cc1NC(=O)[C@H](C)Sc1nnc(C)n1Cc1ccccc1. The first kappa shape index (κ1) is 19.9. The van der Waals surface area contributed by atoms with E-state index in [2.05, 4.69) is 27.6 Å². The van der Waals surface area contributed by atoms with Gasteiger partial charge in [-0.2, -0.15) is 0 Å². The molecule has 1 aromatic heterocycles. The van der Waals surface area contributed by atoms with E-state index in [1.807, 2.05) is 61.7 Å². The van der Waals surface area contributed by atoms with Crippen molar-refractivity contribution in [3.8, 4) is 5.75 Å². The summed E-state index contributed by atoms with van der Waals surface area (Å²) < 4.78 is 7.36. The normalized spacial score (nSPS) is 11.9. The number of aromatic nitrogens is 3. The zero-order chi connectivity index (χ0) is 20.1. The summed E-state index contributed by atoms with van der Waals surface area (Å²) >= 11 is 1.39. The summed E-state index contributed by atoms with van der Waals surface area (Å²) in [6, 6.07) is 15.8. The van der Waals surface area contributed by atoms with Gasteiger partial charge in [-0.1, -0.05) is 48.2 Å². The number of carbonyl (C=O) groups excluding carboxylic acids is 1. The van der Waals surface area contributed by atoms with E-state index in [1.54, 1.807) is 7.11 Å². The van der Waals surface area contributed by atoms with Crippen LogP contribution in [0.1, 0.15) is 23.9 Å². The monoisotopic (exact) mass is 396 g/mol. The predicted molar refractivity (Wildman–Crippen MR) is 112 cm³/mol. The third kappa shape index (κ3) is 4.72. The number of rotatable bonds is 7. The molecule has 0 saturated heterocycles. The summed E-state index contributed by atoms with van der Waals surface area (Å²) in [6.07, 6.45) is 0. The Labute approximate surface area is 169 Å². The van der Waals surface area contributed by atoms with Crippen molar-refractivity contribution in [2.24, 2.45) is 0 Å². The Morgan fingerprint density at radius 2 is 1.93 bits per heavy atom. The van der Waals surface area contributed by atoms with Gasteiger partial charge in [0.1, 0.15) is 11.6 Å². The van der Waals surface area contributed by atoms with Gasteiger partial charge in [0, 0.05) is 0 Å². The molecule has 0 spiro atoms. The van der Waals surface area contributed by atoms with Crippen LogP contribution < -0.4 is 10.1 Å². The first-order valence-corrected chi connectivity index (χ1v) is 9.91. The van der Waals surface area contributed by atoms with E-state index in [0.717, 1.165) is 22.1 Å². The van der Waals surface area contributed by atoms with Crippen LogP contribution in [0.4, 0.5) is 5.69 Å². The number of hydrogen-bond donors (Lipinski definition) is 1. The second-order valence-corrected chi connectivity index (χ2v) is 7.86. The zero-order valence-electron chi connectivity index (χ0n) is 16.5. The Morgan fingerprint density at radius 3 is 2.64 bits per heavy atom. The Hall–Kier alpha value is -2.80. The molecule has 0 aliphatic heterocycles. The molecule has 0 aliphatic rings. The number of hydrogen-bond acceptors (Lipinski definition) is 5. The van der Waals surface area contributed by atoms with Crippen LogP contribution >= 0.6 is 11.8 Å². The third-order valence-electron chi connectivity index (χ3n) is 4.35. The molecule has 2 aromatic carbocycles. The Morgan fingerprint density at radius 1 is 1.18 bits per heavy atom. The molecule has 1 amide bonds. The molecule has 0 fully saturated rings. The highest BCUT2D eigenvalue weighted by Crippen LogP contribution is 2.28. The molecule has 0 radical (unpaired) electrons. The number of nitrogens with zero attached hydrogens (tertiary/aromatic N) is 3. The minimum absolute atomic E-state index is 0.110. The molecule has 0 aliphatic carbocycles. The van der Waals surface area contributed by atoms with Crippen molar-refractivity contribution in [2.75, 3.05) is 12.4 Å². The van der Waals surface area contributed by atoms with Gasteiger partial charge in [-0.05, 0) is 44.0 Å². The number of methoxy groups -OCH3 is 1. The summed E-state index contributed by atoms with van der Waals surface area (Å²) in [5, 5.41) is 11.8. The van der Waals surface area contributed by atoms with Gasteiger partial charge in [-0.3, -0.25) is 4.79 Å². The van der Waals surface area contributed by atoms with Gasteiger partial charge in [0.2, 0.25) is 5.91 Å². The molecular formula is C21H24N4O2S. The highest BCUT2D eigenvalue weighted by atomic mass is 32.2. The van der Waals surface area contributed by atoms with Crippen LogP contribution in [-0.4, -0.2) is 33.0 Å². The number of carbonyl (C=O) groups is 1. The van der Waals surface area contributed by atoms with Gasteiger partial charge in [-0.25, -0.2) is 0 Å². The minimum atomic E-state index is -0.344. The molecule has 0 bridgehead atoms. The average Bonchev–Trinajstić information content (AvgIpc) is 3.02. The topological polar surface area (TPSA) is 69.0 Å². The number of aryl methyl sites for hydroxylation is 2. The van der Waals surface area contributed by atoms with E-state index < -0.39 is 0 Å². The first-order valence-electron chi connectivity index (χ1n) is 9.04. The number of benzene rings is 2.